The molecule has 9 heteroatoms. The van der Waals surface area contributed by atoms with Crippen LogP contribution in [0, 0.1) is 0 Å². The third kappa shape index (κ3) is 42.1. The van der Waals surface area contributed by atoms with E-state index < -0.39 is 10.4 Å². The van der Waals surface area contributed by atoms with Gasteiger partial charge in [0.2, 0.25) is 16.3 Å². The third-order valence-corrected chi connectivity index (χ3v) is 8.35. The second kappa shape index (κ2) is 30.1. The van der Waals surface area contributed by atoms with E-state index in [1.54, 1.807) is 0 Å². The second-order valence-electron chi connectivity index (χ2n) is 11.9. The van der Waals surface area contributed by atoms with E-state index in [-0.39, 0.29) is 12.5 Å². The van der Waals surface area contributed by atoms with Crippen LogP contribution in [0.2, 0.25) is 0 Å². The van der Waals surface area contributed by atoms with Crippen LogP contribution in [0.25, 0.3) is 0 Å². The molecule has 242 valence electrons. The summed E-state index contributed by atoms with van der Waals surface area (Å²) in [6, 6.07) is 0. The summed E-state index contributed by atoms with van der Waals surface area (Å²) in [5.41, 5.74) is 0. The number of nitrogens with one attached hydrogen (secondary N) is 1. The number of carbonyl (C=O) groups is 1. The van der Waals surface area contributed by atoms with Crippen molar-refractivity contribution in [2.45, 2.75) is 142 Å². The van der Waals surface area contributed by atoms with Crippen molar-refractivity contribution in [3.05, 3.63) is 0 Å². The van der Waals surface area contributed by atoms with Crippen LogP contribution < -0.4 is 5.32 Å². The molecule has 0 aromatic rings. The highest BCUT2D eigenvalue weighted by Crippen LogP contribution is 2.15. The van der Waals surface area contributed by atoms with E-state index in [0.29, 0.717) is 6.42 Å². The van der Waals surface area contributed by atoms with Crippen LogP contribution >= 0.6 is 11.8 Å². The lowest BCUT2D eigenvalue weighted by atomic mass is 10.1. The smallest absolute Gasteiger partial charge is 0.219 e. The maximum Gasteiger partial charge on any atom is 0.219 e. The van der Waals surface area contributed by atoms with E-state index in [1.807, 2.05) is 0 Å². The lowest BCUT2D eigenvalue weighted by Gasteiger charge is -2.23. The number of hydrogen-bond donors (Lipinski definition) is 1. The molecule has 0 heterocycles. The van der Waals surface area contributed by atoms with Crippen molar-refractivity contribution in [2.24, 2.45) is 0 Å². The van der Waals surface area contributed by atoms with Gasteiger partial charge in [0.15, 0.2) is 0 Å². The molecule has 40 heavy (non-hydrogen) atoms. The lowest BCUT2D eigenvalue weighted by molar-refractivity contribution is -0.870. The van der Waals surface area contributed by atoms with Crippen molar-refractivity contribution in [3.63, 3.8) is 0 Å². The summed E-state index contributed by atoms with van der Waals surface area (Å²) in [5, 5.41) is 3.07. The highest BCUT2D eigenvalue weighted by atomic mass is 32.3. The monoisotopic (exact) mass is 610 g/mol. The number of nitrogens with zero attached hydrogens (tertiary/aromatic N) is 1. The highest BCUT2D eigenvalue weighted by molar-refractivity contribution is 7.99. The fourth-order valence-corrected chi connectivity index (χ4v) is 5.67. The van der Waals surface area contributed by atoms with Gasteiger partial charge in [-0.05, 0) is 37.7 Å². The minimum Gasteiger partial charge on any atom is -0.726 e. The van der Waals surface area contributed by atoms with Crippen molar-refractivity contribution in [3.8, 4) is 0 Å². The molecule has 0 radical (unpaired) electrons. The molecule has 0 aliphatic carbocycles. The lowest BCUT2D eigenvalue weighted by Crippen LogP contribution is -2.37. The summed E-state index contributed by atoms with van der Waals surface area (Å²) in [5.74, 6) is 2.98. The Balaban J connectivity index is 0. The van der Waals surface area contributed by atoms with Crippen LogP contribution in [0.15, 0.2) is 0 Å². The second-order valence-corrected chi connectivity index (χ2v) is 14.2. The third-order valence-electron chi connectivity index (χ3n) is 6.67. The molecule has 0 aromatic heterocycles. The van der Waals surface area contributed by atoms with Gasteiger partial charge >= 0.3 is 0 Å². The largest absolute Gasteiger partial charge is 0.726 e. The molecule has 0 saturated heterocycles. The van der Waals surface area contributed by atoms with Crippen molar-refractivity contribution < 1.29 is 26.4 Å². The van der Waals surface area contributed by atoms with Crippen molar-refractivity contribution in [1.29, 1.82) is 0 Å². The summed E-state index contributed by atoms with van der Waals surface area (Å²) < 4.78 is 33.0. The fourth-order valence-electron chi connectivity index (χ4n) is 4.36. The van der Waals surface area contributed by atoms with Crippen LogP contribution in [0.4, 0.5) is 0 Å². The molecular weight excluding hydrogens is 544 g/mol. The topological polar surface area (TPSA) is 95.5 Å². The average Bonchev–Trinajstić information content (AvgIpc) is 2.86. The molecule has 0 aromatic carbocycles. The first-order valence-corrected chi connectivity index (χ1v) is 18.8. The molecule has 1 N–H and O–H groups in total. The molecule has 7 nitrogen and oxygen atoms in total. The molecule has 0 atom stereocenters. The molecule has 0 fully saturated rings. The van der Waals surface area contributed by atoms with Crippen LogP contribution in [-0.4, -0.2) is 75.7 Å². The van der Waals surface area contributed by atoms with Crippen molar-refractivity contribution in [1.82, 2.24) is 5.32 Å². The normalized spacial score (nSPS) is 11.8. The number of rotatable bonds is 28. The van der Waals surface area contributed by atoms with Crippen LogP contribution in [-0.2, 0) is 19.4 Å². The van der Waals surface area contributed by atoms with Gasteiger partial charge in [-0.1, -0.05) is 103 Å². The zero-order chi connectivity index (χ0) is 30.4. The molecule has 0 spiro atoms. The number of unbranched alkanes of at least 4 members (excludes halogenated alkanes) is 16. The van der Waals surface area contributed by atoms with Gasteiger partial charge in [-0.15, -0.1) is 0 Å². The van der Waals surface area contributed by atoms with Gasteiger partial charge in [0.25, 0.3) is 0 Å². The molecule has 0 rings (SSSR count). The molecular formula is C31H66N2O5S2. The van der Waals surface area contributed by atoms with Gasteiger partial charge in [-0.25, -0.2) is 8.42 Å². The van der Waals surface area contributed by atoms with Gasteiger partial charge in [-0.2, -0.15) is 11.8 Å². The van der Waals surface area contributed by atoms with Gasteiger partial charge in [0.05, 0.1) is 34.3 Å². The number of thioether (sulfide) groups is 1. The van der Waals surface area contributed by atoms with Crippen LogP contribution in [0.5, 0.6) is 0 Å². The zero-order valence-corrected chi connectivity index (χ0v) is 28.6. The molecule has 0 saturated carbocycles. The van der Waals surface area contributed by atoms with Crippen LogP contribution in [0.3, 0.4) is 0 Å². The average molecular weight is 611 g/mol. The molecule has 1 amide bonds. The summed E-state index contributed by atoms with van der Waals surface area (Å²) >= 11 is 2.18. The first kappa shape index (κ1) is 41.8. The number of hydrogen-bond acceptors (Lipinski definition) is 6. The Morgan fingerprint density at radius 3 is 1.50 bits per heavy atom. The first-order valence-electron chi connectivity index (χ1n) is 16.3. The summed E-state index contributed by atoms with van der Waals surface area (Å²) in [7, 11) is 2.16. The molecule has 0 aliphatic heterocycles. The van der Waals surface area contributed by atoms with E-state index in [4.69, 9.17) is 0 Å². The first-order chi connectivity index (χ1) is 19.0. The number of quaternary nitrogens is 1. The van der Waals surface area contributed by atoms with E-state index in [9.17, 15) is 17.8 Å². The minimum absolute atomic E-state index is 0.0914. The Morgan fingerprint density at radius 2 is 1.12 bits per heavy atom. The van der Waals surface area contributed by atoms with E-state index in [2.05, 4.69) is 49.3 Å². The Hall–Kier alpha value is -0.350. The van der Waals surface area contributed by atoms with E-state index in [0.717, 1.165) is 30.4 Å². The Bertz CT molecular complexity index is 640. The van der Waals surface area contributed by atoms with Gasteiger partial charge < -0.3 is 14.4 Å². The fraction of sp³-hybridized carbons (Fsp3) is 0.968. The summed E-state index contributed by atoms with van der Waals surface area (Å²) in [6.45, 7) is 5.56. The maximum atomic E-state index is 11.9. The zero-order valence-electron chi connectivity index (χ0n) is 27.0. The summed E-state index contributed by atoms with van der Waals surface area (Å²) in [6.07, 6.45) is 26.6. The predicted octanol–water partition coefficient (Wildman–Crippen LogP) is 7.85. The Kier molecular flexibility index (Phi) is 31.5. The quantitative estimate of drug-likeness (QED) is 0.0419. The van der Waals surface area contributed by atoms with E-state index >= 15 is 0 Å². The number of amides is 1. The number of carbonyl (C=O) groups excluding carboxylic acids is 1. The standard InChI is InChI=1S/C29H60N2OS.C2H6O4S/c1-5-6-7-8-9-10-12-15-18-21-27-33-28-22-19-16-13-11-14-17-20-24-29(32)30-25-23-26-31(2,3)4;1-2-6-7(3,4)5/h5-28H2,1-4H3;2H2,1H3,(H,3,4,5). The van der Waals surface area contributed by atoms with Crippen LogP contribution in [0.1, 0.15) is 142 Å². The summed E-state index contributed by atoms with van der Waals surface area (Å²) in [4.78, 5) is 11.9. The Labute approximate surface area is 253 Å². The van der Waals surface area contributed by atoms with Crippen molar-refractivity contribution in [2.75, 3.05) is 52.3 Å². The predicted molar refractivity (Wildman–Crippen MR) is 173 cm³/mol. The molecule has 0 unspecified atom stereocenters. The SMILES string of the molecule is CCCCCCCCCCCCSCCCCCCCCCCC(=O)NCCC[N+](C)(C)C.CCOS(=O)(=O)[O-]. The molecule has 0 aliphatic rings. The van der Waals surface area contributed by atoms with Gasteiger partial charge in [-0.3, -0.25) is 8.98 Å². The van der Waals surface area contributed by atoms with Gasteiger partial charge in [0, 0.05) is 19.4 Å². The minimum atomic E-state index is -4.42. The maximum absolute atomic E-state index is 11.9. The molecule has 0 bridgehead atoms. The van der Waals surface area contributed by atoms with Crippen molar-refractivity contribution >= 4 is 28.1 Å². The highest BCUT2D eigenvalue weighted by Gasteiger charge is 2.06. The van der Waals surface area contributed by atoms with Gasteiger partial charge in [0.1, 0.15) is 0 Å². The Morgan fingerprint density at radius 1 is 0.700 bits per heavy atom. The van der Waals surface area contributed by atoms with E-state index in [1.165, 1.54) is 128 Å².